The first kappa shape index (κ1) is 17.0. The van der Waals surface area contributed by atoms with Crippen LogP contribution in [-0.4, -0.2) is 17.1 Å². The van der Waals surface area contributed by atoms with Crippen LogP contribution in [0.5, 0.6) is 17.4 Å². The number of hydrogen-bond acceptors (Lipinski definition) is 5. The molecule has 1 aliphatic carbocycles. The fraction of sp³-hybridized carbons (Fsp3) is 0.333. The van der Waals surface area contributed by atoms with Gasteiger partial charge in [-0.3, -0.25) is 0 Å². The molecule has 0 N–H and O–H groups in total. The third-order valence-corrected chi connectivity index (χ3v) is 6.03. The normalized spacial score (nSPS) is 16.3. The summed E-state index contributed by atoms with van der Waals surface area (Å²) in [5.74, 6) is 2.72. The zero-order chi connectivity index (χ0) is 18.1. The van der Waals surface area contributed by atoms with E-state index in [4.69, 9.17) is 9.47 Å². The zero-order valence-corrected chi connectivity index (χ0v) is 15.9. The third kappa shape index (κ3) is 3.07. The van der Waals surface area contributed by atoms with E-state index in [1.165, 1.54) is 16.9 Å². The number of thiophene rings is 1. The molecule has 0 amide bonds. The quantitative estimate of drug-likeness (QED) is 0.571. The largest absolute Gasteiger partial charge is 0.493 e. The predicted molar refractivity (Wildman–Crippen MR) is 106 cm³/mol. The second-order valence-corrected chi connectivity index (χ2v) is 7.87. The number of nitrogens with zero attached hydrogens (tertiary/aromatic N) is 2. The van der Waals surface area contributed by atoms with Crippen molar-refractivity contribution >= 4 is 21.6 Å². The van der Waals surface area contributed by atoms with Gasteiger partial charge >= 0.3 is 0 Å². The first-order valence-corrected chi connectivity index (χ1v) is 9.72. The zero-order valence-electron chi connectivity index (χ0n) is 15.1. The van der Waals surface area contributed by atoms with E-state index >= 15 is 0 Å². The Kier molecular flexibility index (Phi) is 4.64. The van der Waals surface area contributed by atoms with Crippen LogP contribution in [0.25, 0.3) is 10.2 Å². The molecule has 26 heavy (non-hydrogen) atoms. The van der Waals surface area contributed by atoms with Gasteiger partial charge in [-0.15, -0.1) is 17.9 Å². The van der Waals surface area contributed by atoms with Gasteiger partial charge in [-0.2, -0.15) is 0 Å². The SMILES string of the molecule is C=CCc1ccc(Oc2ncnc3sc4c(c23)CC[C@H](C)C4)c(OC)c1. The summed E-state index contributed by atoms with van der Waals surface area (Å²) in [6, 6.07) is 5.95. The number of methoxy groups -OCH3 is 1. The van der Waals surface area contributed by atoms with Gasteiger partial charge in [0.15, 0.2) is 11.5 Å². The van der Waals surface area contributed by atoms with Gasteiger partial charge in [-0.25, -0.2) is 9.97 Å². The van der Waals surface area contributed by atoms with E-state index in [1.807, 2.05) is 24.3 Å². The summed E-state index contributed by atoms with van der Waals surface area (Å²) >= 11 is 1.77. The highest BCUT2D eigenvalue weighted by Crippen LogP contribution is 2.42. The molecule has 1 aromatic carbocycles. The molecule has 1 aliphatic rings. The molecule has 0 bridgehead atoms. The van der Waals surface area contributed by atoms with E-state index in [1.54, 1.807) is 24.8 Å². The van der Waals surface area contributed by atoms with E-state index in [-0.39, 0.29) is 0 Å². The van der Waals surface area contributed by atoms with Crippen molar-refractivity contribution < 1.29 is 9.47 Å². The number of fused-ring (bicyclic) bond motifs is 3. The number of hydrogen-bond donors (Lipinski definition) is 0. The monoisotopic (exact) mass is 366 g/mol. The van der Waals surface area contributed by atoms with Gasteiger partial charge in [0.05, 0.1) is 12.5 Å². The first-order valence-electron chi connectivity index (χ1n) is 8.90. The van der Waals surface area contributed by atoms with Crippen LogP contribution in [0.1, 0.15) is 29.3 Å². The Morgan fingerprint density at radius 2 is 2.19 bits per heavy atom. The minimum Gasteiger partial charge on any atom is -0.493 e. The summed E-state index contributed by atoms with van der Waals surface area (Å²) in [4.78, 5) is 11.4. The van der Waals surface area contributed by atoms with Gasteiger partial charge < -0.3 is 9.47 Å². The molecule has 0 saturated carbocycles. The Balaban J connectivity index is 1.75. The number of aryl methyl sites for hydroxylation is 1. The van der Waals surface area contributed by atoms with Gasteiger partial charge in [0.25, 0.3) is 0 Å². The maximum atomic E-state index is 6.20. The van der Waals surface area contributed by atoms with E-state index in [2.05, 4.69) is 23.5 Å². The Hall–Kier alpha value is -2.40. The van der Waals surface area contributed by atoms with Crippen molar-refractivity contribution in [2.75, 3.05) is 7.11 Å². The molecule has 5 heteroatoms. The van der Waals surface area contributed by atoms with Crippen molar-refractivity contribution in [3.05, 3.63) is 53.2 Å². The second kappa shape index (κ2) is 7.08. The molecule has 0 fully saturated rings. The molecule has 0 saturated heterocycles. The molecule has 134 valence electrons. The summed E-state index contributed by atoms with van der Waals surface area (Å²) in [7, 11) is 1.66. The topological polar surface area (TPSA) is 44.2 Å². The van der Waals surface area contributed by atoms with Crippen LogP contribution in [0, 0.1) is 5.92 Å². The smallest absolute Gasteiger partial charge is 0.231 e. The van der Waals surface area contributed by atoms with Crippen molar-refractivity contribution in [2.45, 2.75) is 32.6 Å². The number of rotatable bonds is 5. The Morgan fingerprint density at radius 1 is 1.31 bits per heavy atom. The maximum Gasteiger partial charge on any atom is 0.231 e. The highest BCUT2D eigenvalue weighted by Gasteiger charge is 2.24. The summed E-state index contributed by atoms with van der Waals surface area (Å²) < 4.78 is 11.7. The highest BCUT2D eigenvalue weighted by molar-refractivity contribution is 7.18. The van der Waals surface area contributed by atoms with Gasteiger partial charge in [0.1, 0.15) is 11.2 Å². The number of allylic oxidation sites excluding steroid dienone is 1. The predicted octanol–water partition coefficient (Wildman–Crippen LogP) is 5.35. The summed E-state index contributed by atoms with van der Waals surface area (Å²) in [5, 5.41) is 1.07. The summed E-state index contributed by atoms with van der Waals surface area (Å²) in [6.07, 6.45) is 7.64. The number of benzene rings is 1. The van der Waals surface area contributed by atoms with Crippen LogP contribution >= 0.6 is 11.3 Å². The molecular formula is C21H22N2O2S. The standard InChI is InChI=1S/C21H22N2O2S/c1-4-5-14-7-9-16(17(11-14)24-3)25-20-19-15-8-6-13(2)10-18(15)26-21(19)23-12-22-20/h4,7,9,11-13H,1,5-6,8,10H2,2-3H3/t13-/m0/s1. The van der Waals surface area contributed by atoms with E-state index < -0.39 is 0 Å². The molecule has 2 heterocycles. The van der Waals surface area contributed by atoms with Crippen molar-refractivity contribution in [3.63, 3.8) is 0 Å². The second-order valence-electron chi connectivity index (χ2n) is 6.79. The van der Waals surface area contributed by atoms with Crippen LogP contribution in [0.4, 0.5) is 0 Å². The van der Waals surface area contributed by atoms with Gasteiger partial charge in [-0.05, 0) is 54.9 Å². The van der Waals surface area contributed by atoms with Crippen LogP contribution in [0.2, 0.25) is 0 Å². The molecule has 2 aromatic heterocycles. The van der Waals surface area contributed by atoms with Gasteiger partial charge in [0.2, 0.25) is 5.88 Å². The van der Waals surface area contributed by atoms with Crippen molar-refractivity contribution in [1.82, 2.24) is 9.97 Å². The Bertz CT molecular complexity index is 964. The lowest BCUT2D eigenvalue weighted by Gasteiger charge is -2.18. The third-order valence-electron chi connectivity index (χ3n) is 4.87. The van der Waals surface area contributed by atoms with Crippen LogP contribution in [-0.2, 0) is 19.3 Å². The van der Waals surface area contributed by atoms with E-state index in [0.717, 1.165) is 41.0 Å². The van der Waals surface area contributed by atoms with Crippen molar-refractivity contribution in [1.29, 1.82) is 0 Å². The molecule has 0 radical (unpaired) electrons. The van der Waals surface area contributed by atoms with Gasteiger partial charge in [-0.1, -0.05) is 19.1 Å². The Morgan fingerprint density at radius 3 is 3.00 bits per heavy atom. The lowest BCUT2D eigenvalue weighted by Crippen LogP contribution is -2.08. The first-order chi connectivity index (χ1) is 12.7. The lowest BCUT2D eigenvalue weighted by molar-refractivity contribution is 0.375. The van der Waals surface area contributed by atoms with Crippen LogP contribution in [0.3, 0.4) is 0 Å². The van der Waals surface area contributed by atoms with E-state index in [9.17, 15) is 0 Å². The van der Waals surface area contributed by atoms with E-state index in [0.29, 0.717) is 17.4 Å². The average molecular weight is 366 g/mol. The summed E-state index contributed by atoms with van der Waals surface area (Å²) in [6.45, 7) is 6.10. The molecule has 0 aliphatic heterocycles. The van der Waals surface area contributed by atoms with Gasteiger partial charge in [0, 0.05) is 4.88 Å². The molecule has 1 atom stereocenters. The van der Waals surface area contributed by atoms with Crippen molar-refractivity contribution in [3.8, 4) is 17.4 Å². The fourth-order valence-corrected chi connectivity index (χ4v) is 4.86. The Labute approximate surface area is 157 Å². The molecule has 4 nitrogen and oxygen atoms in total. The van der Waals surface area contributed by atoms with Crippen LogP contribution < -0.4 is 9.47 Å². The lowest BCUT2D eigenvalue weighted by atomic mass is 9.89. The molecular weight excluding hydrogens is 344 g/mol. The molecule has 3 aromatic rings. The fourth-order valence-electron chi connectivity index (χ4n) is 3.52. The maximum absolute atomic E-state index is 6.20. The minimum absolute atomic E-state index is 0.622. The average Bonchev–Trinajstić information content (AvgIpc) is 3.01. The van der Waals surface area contributed by atoms with Crippen LogP contribution in [0.15, 0.2) is 37.2 Å². The molecule has 0 unspecified atom stereocenters. The van der Waals surface area contributed by atoms with Crippen molar-refractivity contribution in [2.24, 2.45) is 5.92 Å². The molecule has 4 rings (SSSR count). The minimum atomic E-state index is 0.622. The number of aromatic nitrogens is 2. The molecule has 0 spiro atoms. The highest BCUT2D eigenvalue weighted by atomic mass is 32.1. The number of ether oxygens (including phenoxy) is 2. The summed E-state index contributed by atoms with van der Waals surface area (Å²) in [5.41, 5.74) is 2.50.